The maximum absolute atomic E-state index is 5.94. The van der Waals surface area contributed by atoms with Gasteiger partial charge in [0.2, 0.25) is 0 Å². The molecule has 1 aliphatic carbocycles. The van der Waals surface area contributed by atoms with Crippen molar-refractivity contribution in [1.29, 1.82) is 0 Å². The zero-order chi connectivity index (χ0) is 10.7. The fourth-order valence-electron chi connectivity index (χ4n) is 2.25. The van der Waals surface area contributed by atoms with Crippen LogP contribution in [0.3, 0.4) is 0 Å². The lowest BCUT2D eigenvalue weighted by Crippen LogP contribution is -2.23. The fourth-order valence-corrected chi connectivity index (χ4v) is 2.25. The van der Waals surface area contributed by atoms with Crippen molar-refractivity contribution in [1.82, 2.24) is 4.90 Å². The smallest absolute Gasteiger partial charge is 0.0721 e. The van der Waals surface area contributed by atoms with Gasteiger partial charge < -0.3 is 9.64 Å². The van der Waals surface area contributed by atoms with Gasteiger partial charge in [0.15, 0.2) is 0 Å². The Morgan fingerprint density at radius 2 is 2.40 bits per heavy atom. The van der Waals surface area contributed by atoms with E-state index in [1.807, 2.05) is 0 Å². The van der Waals surface area contributed by atoms with Crippen LogP contribution < -0.4 is 0 Å². The predicted octanol–water partition coefficient (Wildman–Crippen LogP) is 2.37. The largest absolute Gasteiger partial charge is 0.372 e. The monoisotopic (exact) mass is 207 g/mol. The Hall–Kier alpha value is -0.600. The molecule has 1 saturated heterocycles. The van der Waals surface area contributed by atoms with Gasteiger partial charge in [-0.05, 0) is 38.8 Å². The van der Waals surface area contributed by atoms with Crippen LogP contribution in [0.15, 0.2) is 23.8 Å². The van der Waals surface area contributed by atoms with E-state index in [0.717, 1.165) is 13.2 Å². The molecule has 15 heavy (non-hydrogen) atoms. The number of hydrogen-bond donors (Lipinski definition) is 0. The zero-order valence-corrected chi connectivity index (χ0v) is 9.78. The second kappa shape index (κ2) is 4.95. The van der Waals surface area contributed by atoms with Crippen LogP contribution in [-0.4, -0.2) is 37.2 Å². The Kier molecular flexibility index (Phi) is 3.60. The predicted molar refractivity (Wildman–Crippen MR) is 62.9 cm³/mol. The average Bonchev–Trinajstić information content (AvgIpc) is 2.57. The minimum Gasteiger partial charge on any atom is -0.372 e. The first-order chi connectivity index (χ1) is 7.25. The normalized spacial score (nSPS) is 32.0. The summed E-state index contributed by atoms with van der Waals surface area (Å²) in [6.45, 7) is 4.19. The van der Waals surface area contributed by atoms with Gasteiger partial charge in [-0.15, -0.1) is 0 Å². The number of rotatable bonds is 3. The summed E-state index contributed by atoms with van der Waals surface area (Å²) in [5.74, 6) is 0. The van der Waals surface area contributed by atoms with Crippen LogP contribution in [0.5, 0.6) is 0 Å². The summed E-state index contributed by atoms with van der Waals surface area (Å²) >= 11 is 0. The first-order valence-corrected chi connectivity index (χ1v) is 5.92. The molecule has 0 amide bonds. The topological polar surface area (TPSA) is 12.5 Å². The van der Waals surface area contributed by atoms with Crippen molar-refractivity contribution >= 4 is 0 Å². The summed E-state index contributed by atoms with van der Waals surface area (Å²) in [5.41, 5.74) is 1.44. The van der Waals surface area contributed by atoms with Gasteiger partial charge in [0, 0.05) is 12.6 Å². The number of nitrogens with zero attached hydrogens (tertiary/aromatic N) is 1. The lowest BCUT2D eigenvalue weighted by Gasteiger charge is -2.14. The SMILES string of the molecule is CC1CC(OCC2=CC=CCC2)CN1C. The summed E-state index contributed by atoms with van der Waals surface area (Å²) < 4.78 is 5.94. The van der Waals surface area contributed by atoms with E-state index < -0.39 is 0 Å². The highest BCUT2D eigenvalue weighted by atomic mass is 16.5. The molecule has 0 aromatic heterocycles. The molecule has 0 aromatic rings. The van der Waals surface area contributed by atoms with Gasteiger partial charge in [-0.2, -0.15) is 0 Å². The lowest BCUT2D eigenvalue weighted by atomic mass is 10.1. The molecule has 84 valence electrons. The van der Waals surface area contributed by atoms with E-state index in [-0.39, 0.29) is 0 Å². The average molecular weight is 207 g/mol. The van der Waals surface area contributed by atoms with Crippen molar-refractivity contribution in [2.45, 2.75) is 38.3 Å². The number of likely N-dealkylation sites (N-methyl/N-ethyl adjacent to an activating group) is 1. The minimum absolute atomic E-state index is 0.441. The maximum atomic E-state index is 5.94. The van der Waals surface area contributed by atoms with Crippen molar-refractivity contribution in [3.05, 3.63) is 23.8 Å². The molecule has 2 nitrogen and oxygen atoms in total. The van der Waals surface area contributed by atoms with Crippen LogP contribution in [0, 0.1) is 0 Å². The van der Waals surface area contributed by atoms with Gasteiger partial charge in [0.05, 0.1) is 12.7 Å². The Morgan fingerprint density at radius 1 is 1.53 bits per heavy atom. The molecule has 2 heteroatoms. The molecule has 2 atom stereocenters. The van der Waals surface area contributed by atoms with Crippen LogP contribution in [-0.2, 0) is 4.74 Å². The van der Waals surface area contributed by atoms with E-state index in [1.54, 1.807) is 0 Å². The summed E-state index contributed by atoms with van der Waals surface area (Å²) in [5, 5.41) is 0. The van der Waals surface area contributed by atoms with E-state index in [4.69, 9.17) is 4.74 Å². The highest BCUT2D eigenvalue weighted by Crippen LogP contribution is 2.20. The fraction of sp³-hybridized carbons (Fsp3) is 0.692. The quantitative estimate of drug-likeness (QED) is 0.704. The number of ether oxygens (including phenoxy) is 1. The van der Waals surface area contributed by atoms with Crippen LogP contribution in [0.4, 0.5) is 0 Å². The molecule has 2 unspecified atom stereocenters. The van der Waals surface area contributed by atoms with Gasteiger partial charge >= 0.3 is 0 Å². The molecular weight excluding hydrogens is 186 g/mol. The molecule has 1 aliphatic heterocycles. The van der Waals surface area contributed by atoms with Gasteiger partial charge in [-0.3, -0.25) is 0 Å². The van der Waals surface area contributed by atoms with E-state index >= 15 is 0 Å². The van der Waals surface area contributed by atoms with E-state index in [9.17, 15) is 0 Å². The van der Waals surface area contributed by atoms with Crippen molar-refractivity contribution in [2.24, 2.45) is 0 Å². The molecule has 0 saturated carbocycles. The van der Waals surface area contributed by atoms with Crippen molar-refractivity contribution in [3.8, 4) is 0 Å². The third-order valence-corrected chi connectivity index (χ3v) is 3.45. The van der Waals surface area contributed by atoms with Crippen LogP contribution >= 0.6 is 0 Å². The molecule has 0 N–H and O–H groups in total. The Balaban J connectivity index is 1.74. The molecule has 1 heterocycles. The number of likely N-dealkylation sites (tertiary alicyclic amines) is 1. The number of allylic oxidation sites excluding steroid dienone is 3. The molecule has 2 aliphatic rings. The lowest BCUT2D eigenvalue weighted by molar-refractivity contribution is 0.0762. The van der Waals surface area contributed by atoms with E-state index in [0.29, 0.717) is 12.1 Å². The Labute approximate surface area is 92.6 Å². The van der Waals surface area contributed by atoms with Gasteiger partial charge in [-0.1, -0.05) is 18.2 Å². The zero-order valence-electron chi connectivity index (χ0n) is 9.78. The third kappa shape index (κ3) is 2.93. The second-order valence-electron chi connectivity index (χ2n) is 4.75. The molecule has 0 radical (unpaired) electrons. The minimum atomic E-state index is 0.441. The van der Waals surface area contributed by atoms with Gasteiger partial charge in [0.25, 0.3) is 0 Å². The molecule has 0 aromatic carbocycles. The van der Waals surface area contributed by atoms with Crippen molar-refractivity contribution in [2.75, 3.05) is 20.2 Å². The molecule has 0 spiro atoms. The summed E-state index contributed by atoms with van der Waals surface area (Å²) in [6, 6.07) is 0.676. The van der Waals surface area contributed by atoms with Gasteiger partial charge in [-0.25, -0.2) is 0 Å². The molecular formula is C13H21NO. The standard InChI is InChI=1S/C13H21NO/c1-11-8-13(9-14(11)2)15-10-12-6-4-3-5-7-12/h3-4,6,11,13H,5,7-10H2,1-2H3. The Bertz CT molecular complexity index is 260. The third-order valence-electron chi connectivity index (χ3n) is 3.45. The van der Waals surface area contributed by atoms with E-state index in [1.165, 1.54) is 24.8 Å². The molecule has 0 bridgehead atoms. The summed E-state index contributed by atoms with van der Waals surface area (Å²) in [7, 11) is 2.18. The van der Waals surface area contributed by atoms with Crippen LogP contribution in [0.1, 0.15) is 26.2 Å². The summed E-state index contributed by atoms with van der Waals surface area (Å²) in [6.07, 6.45) is 10.5. The van der Waals surface area contributed by atoms with Crippen LogP contribution in [0.25, 0.3) is 0 Å². The number of hydrogen-bond acceptors (Lipinski definition) is 2. The second-order valence-corrected chi connectivity index (χ2v) is 4.75. The van der Waals surface area contributed by atoms with E-state index in [2.05, 4.69) is 37.1 Å². The molecule has 1 fully saturated rings. The Morgan fingerprint density at radius 3 is 3.00 bits per heavy atom. The first kappa shape index (κ1) is 10.9. The van der Waals surface area contributed by atoms with Crippen molar-refractivity contribution < 1.29 is 4.74 Å². The van der Waals surface area contributed by atoms with Gasteiger partial charge in [0.1, 0.15) is 0 Å². The summed E-state index contributed by atoms with van der Waals surface area (Å²) in [4.78, 5) is 2.37. The van der Waals surface area contributed by atoms with Crippen LogP contribution in [0.2, 0.25) is 0 Å². The first-order valence-electron chi connectivity index (χ1n) is 5.92. The highest BCUT2D eigenvalue weighted by molar-refractivity contribution is 5.17. The molecule has 2 rings (SSSR count). The van der Waals surface area contributed by atoms with Crippen molar-refractivity contribution in [3.63, 3.8) is 0 Å². The maximum Gasteiger partial charge on any atom is 0.0721 e. The highest BCUT2D eigenvalue weighted by Gasteiger charge is 2.26.